The number of fused-ring (bicyclic) bond motifs is 2. The fourth-order valence-electron chi connectivity index (χ4n) is 4.96. The first kappa shape index (κ1) is 22.0. The Morgan fingerprint density at radius 3 is 2.72 bits per heavy atom. The molecule has 3 aliphatic heterocycles. The molecular weight excluding hydrogens is 474 g/mol. The molecular formula is C24H18F2N6O4. The molecule has 3 aliphatic rings. The van der Waals surface area contributed by atoms with Crippen LogP contribution < -0.4 is 10.2 Å². The summed E-state index contributed by atoms with van der Waals surface area (Å²) >= 11 is 0. The number of rotatable bonds is 3. The Labute approximate surface area is 202 Å². The van der Waals surface area contributed by atoms with Crippen LogP contribution in [0.25, 0.3) is 5.69 Å². The summed E-state index contributed by atoms with van der Waals surface area (Å²) in [5.74, 6) is -3.14. The quantitative estimate of drug-likeness (QED) is 0.554. The van der Waals surface area contributed by atoms with E-state index in [4.69, 9.17) is 0 Å². The second-order valence-electron chi connectivity index (χ2n) is 8.88. The van der Waals surface area contributed by atoms with E-state index in [9.17, 15) is 28.0 Å². The van der Waals surface area contributed by atoms with Gasteiger partial charge in [0.1, 0.15) is 17.7 Å². The average molecular weight is 492 g/mol. The van der Waals surface area contributed by atoms with E-state index < -0.39 is 29.5 Å². The van der Waals surface area contributed by atoms with E-state index in [-0.39, 0.29) is 61.1 Å². The summed E-state index contributed by atoms with van der Waals surface area (Å²) < 4.78 is 29.2. The normalized spacial score (nSPS) is 18.9. The standard InChI is InChI=1S/C24H18F2N6O4/c25-13-8-17(26)16-5-6-30(20(16)9-13)24(36)18-11-32(29-28-18)14-1-2-15-12(7-14)10-31(23(15)35)19-3-4-21(33)27-22(19)34/h1-2,7-9,11,19H,3-6,10H2,(H,27,33,34). The van der Waals surface area contributed by atoms with Gasteiger partial charge in [0.05, 0.1) is 17.6 Å². The molecule has 1 saturated heterocycles. The van der Waals surface area contributed by atoms with E-state index in [2.05, 4.69) is 15.6 Å². The fraction of sp³-hybridized carbons (Fsp3) is 0.250. The Kier molecular flexibility index (Phi) is 4.92. The summed E-state index contributed by atoms with van der Waals surface area (Å²) in [6.45, 7) is 0.384. The molecule has 0 saturated carbocycles. The predicted molar refractivity (Wildman–Crippen MR) is 119 cm³/mol. The molecule has 10 nitrogen and oxygen atoms in total. The third-order valence-corrected chi connectivity index (χ3v) is 6.74. The molecule has 1 atom stereocenters. The lowest BCUT2D eigenvalue weighted by Gasteiger charge is -2.29. The zero-order valence-electron chi connectivity index (χ0n) is 18.7. The number of nitrogens with one attached hydrogen (secondary N) is 1. The highest BCUT2D eigenvalue weighted by Crippen LogP contribution is 2.32. The second kappa shape index (κ2) is 8.04. The van der Waals surface area contributed by atoms with Gasteiger partial charge in [-0.2, -0.15) is 0 Å². The van der Waals surface area contributed by atoms with E-state index in [0.717, 1.165) is 12.1 Å². The lowest BCUT2D eigenvalue weighted by molar-refractivity contribution is -0.136. The van der Waals surface area contributed by atoms with Crippen molar-refractivity contribution in [2.24, 2.45) is 0 Å². The number of carbonyl (C=O) groups is 4. The minimum Gasteiger partial charge on any atom is -0.322 e. The zero-order chi connectivity index (χ0) is 25.1. The van der Waals surface area contributed by atoms with E-state index >= 15 is 0 Å². The topological polar surface area (TPSA) is 118 Å². The first-order valence-corrected chi connectivity index (χ1v) is 11.3. The highest BCUT2D eigenvalue weighted by Gasteiger charge is 2.39. The van der Waals surface area contributed by atoms with Crippen molar-refractivity contribution in [2.75, 3.05) is 11.4 Å². The lowest BCUT2D eigenvalue weighted by Crippen LogP contribution is -2.52. The number of carbonyl (C=O) groups excluding carboxylic acids is 4. The van der Waals surface area contributed by atoms with Gasteiger partial charge in [-0.05, 0) is 42.7 Å². The maximum absolute atomic E-state index is 14.1. The van der Waals surface area contributed by atoms with Crippen LogP contribution in [-0.2, 0) is 22.6 Å². The van der Waals surface area contributed by atoms with Crippen molar-refractivity contribution < 1.29 is 28.0 Å². The number of nitrogens with zero attached hydrogens (tertiary/aromatic N) is 5. The number of halogens is 2. The van der Waals surface area contributed by atoms with Gasteiger partial charge in [-0.3, -0.25) is 24.5 Å². The van der Waals surface area contributed by atoms with Crippen LogP contribution in [0, 0.1) is 11.6 Å². The second-order valence-corrected chi connectivity index (χ2v) is 8.88. The van der Waals surface area contributed by atoms with Crippen molar-refractivity contribution in [3.8, 4) is 5.69 Å². The Balaban J connectivity index is 1.23. The van der Waals surface area contributed by atoms with Gasteiger partial charge in [0.15, 0.2) is 5.69 Å². The summed E-state index contributed by atoms with van der Waals surface area (Å²) in [6, 6.07) is 6.17. The van der Waals surface area contributed by atoms with Crippen LogP contribution in [0.2, 0.25) is 0 Å². The highest BCUT2D eigenvalue weighted by atomic mass is 19.1. The molecule has 4 heterocycles. The minimum absolute atomic E-state index is 0.00531. The molecule has 0 bridgehead atoms. The van der Waals surface area contributed by atoms with Gasteiger partial charge < -0.3 is 9.80 Å². The molecule has 4 amide bonds. The summed E-state index contributed by atoms with van der Waals surface area (Å²) in [4.78, 5) is 52.3. The summed E-state index contributed by atoms with van der Waals surface area (Å²) in [6.07, 6.45) is 2.11. The molecule has 0 aliphatic carbocycles. The molecule has 6 rings (SSSR count). The van der Waals surface area contributed by atoms with Crippen molar-refractivity contribution in [3.63, 3.8) is 0 Å². The van der Waals surface area contributed by atoms with Crippen LogP contribution in [0.4, 0.5) is 14.5 Å². The molecule has 0 radical (unpaired) electrons. The highest BCUT2D eigenvalue weighted by molar-refractivity contribution is 6.06. The molecule has 36 heavy (non-hydrogen) atoms. The SMILES string of the molecule is O=C1CCC(N2Cc3cc(-n4cc(C(=O)N5CCc6c(F)cc(F)cc65)nn4)ccc3C2=O)C(=O)N1. The largest absolute Gasteiger partial charge is 0.322 e. The Hall–Kier alpha value is -4.48. The van der Waals surface area contributed by atoms with Crippen LogP contribution >= 0.6 is 0 Å². The predicted octanol–water partition coefficient (Wildman–Crippen LogP) is 1.51. The van der Waals surface area contributed by atoms with Gasteiger partial charge in [0.2, 0.25) is 11.8 Å². The number of piperidine rings is 1. The van der Waals surface area contributed by atoms with E-state index in [1.807, 2.05) is 0 Å². The maximum atomic E-state index is 14.1. The number of anilines is 1. The Morgan fingerprint density at radius 1 is 1.08 bits per heavy atom. The summed E-state index contributed by atoms with van der Waals surface area (Å²) in [5, 5.41) is 10.2. The van der Waals surface area contributed by atoms with Gasteiger partial charge >= 0.3 is 0 Å². The molecule has 2 aromatic carbocycles. The number of aromatic nitrogens is 3. The Morgan fingerprint density at radius 2 is 1.92 bits per heavy atom. The third-order valence-electron chi connectivity index (χ3n) is 6.74. The molecule has 12 heteroatoms. The Bertz CT molecular complexity index is 1490. The summed E-state index contributed by atoms with van der Waals surface area (Å²) in [7, 11) is 0. The third kappa shape index (κ3) is 3.44. The van der Waals surface area contributed by atoms with E-state index in [0.29, 0.717) is 16.8 Å². The van der Waals surface area contributed by atoms with Crippen LogP contribution in [0.3, 0.4) is 0 Å². The minimum atomic E-state index is -0.770. The number of amides is 4. The van der Waals surface area contributed by atoms with Crippen molar-refractivity contribution in [1.29, 1.82) is 0 Å². The molecule has 1 N–H and O–H groups in total. The molecule has 3 aromatic rings. The molecule has 1 unspecified atom stereocenters. The van der Waals surface area contributed by atoms with Gasteiger partial charge in [-0.25, -0.2) is 13.5 Å². The lowest BCUT2D eigenvalue weighted by atomic mass is 10.0. The van der Waals surface area contributed by atoms with Crippen LogP contribution in [0.15, 0.2) is 36.5 Å². The van der Waals surface area contributed by atoms with Crippen molar-refractivity contribution in [3.05, 3.63) is 70.5 Å². The number of hydrogen-bond acceptors (Lipinski definition) is 6. The van der Waals surface area contributed by atoms with E-state index in [1.165, 1.54) is 20.7 Å². The van der Waals surface area contributed by atoms with E-state index in [1.54, 1.807) is 18.2 Å². The molecule has 0 spiro atoms. The van der Waals surface area contributed by atoms with Crippen LogP contribution in [-0.4, -0.2) is 56.1 Å². The van der Waals surface area contributed by atoms with Crippen LogP contribution in [0.5, 0.6) is 0 Å². The first-order valence-electron chi connectivity index (χ1n) is 11.3. The molecule has 1 fully saturated rings. The molecule has 182 valence electrons. The number of hydrogen-bond donors (Lipinski definition) is 1. The van der Waals surface area contributed by atoms with Gasteiger partial charge in [-0.1, -0.05) is 5.21 Å². The summed E-state index contributed by atoms with van der Waals surface area (Å²) in [5.41, 5.74) is 2.10. The monoisotopic (exact) mass is 492 g/mol. The van der Waals surface area contributed by atoms with Gasteiger partial charge in [-0.15, -0.1) is 5.10 Å². The zero-order valence-corrected chi connectivity index (χ0v) is 18.7. The molecule has 1 aromatic heterocycles. The van der Waals surface area contributed by atoms with Crippen molar-refractivity contribution >= 4 is 29.3 Å². The van der Waals surface area contributed by atoms with Gasteiger partial charge in [0, 0.05) is 36.7 Å². The van der Waals surface area contributed by atoms with Crippen molar-refractivity contribution in [1.82, 2.24) is 25.2 Å². The maximum Gasteiger partial charge on any atom is 0.280 e. The number of imide groups is 1. The van der Waals surface area contributed by atoms with Gasteiger partial charge in [0.25, 0.3) is 11.8 Å². The average Bonchev–Trinajstić information content (AvgIpc) is 3.56. The fourth-order valence-corrected chi connectivity index (χ4v) is 4.96. The van der Waals surface area contributed by atoms with Crippen LogP contribution in [0.1, 0.15) is 44.8 Å². The first-order chi connectivity index (χ1) is 17.3. The number of benzene rings is 2. The van der Waals surface area contributed by atoms with Crippen molar-refractivity contribution in [2.45, 2.75) is 31.8 Å². The smallest absolute Gasteiger partial charge is 0.280 e.